The van der Waals surface area contributed by atoms with Crippen molar-refractivity contribution >= 4 is 5.97 Å². The highest BCUT2D eigenvalue weighted by Gasteiger charge is 2.34. The van der Waals surface area contributed by atoms with E-state index in [2.05, 4.69) is 0 Å². The topological polar surface area (TPSA) is 40.5 Å². The Morgan fingerprint density at radius 3 is 2.40 bits per heavy atom. The van der Waals surface area contributed by atoms with Gasteiger partial charge in [0, 0.05) is 6.42 Å². The maximum absolute atomic E-state index is 14.0. The van der Waals surface area contributed by atoms with Crippen molar-refractivity contribution in [2.45, 2.75) is 25.2 Å². The number of aliphatic carboxylic acids is 1. The second kappa shape index (κ2) is 6.31. The summed E-state index contributed by atoms with van der Waals surface area (Å²) < 4.78 is 28.0. The molecule has 1 aromatic rings. The highest BCUT2D eigenvalue weighted by Crippen LogP contribution is 2.25. The zero-order valence-electron chi connectivity index (χ0n) is 11.3. The summed E-state index contributed by atoms with van der Waals surface area (Å²) in [7, 11) is 0. The third kappa shape index (κ3) is 4.27. The SMILES string of the molecule is O=C(O)C1CCN(CC(F)(F)Cc2ccccc2)CC1. The zero-order valence-corrected chi connectivity index (χ0v) is 11.3. The van der Waals surface area contributed by atoms with Crippen LogP contribution in [0.2, 0.25) is 0 Å². The lowest BCUT2D eigenvalue weighted by atomic mass is 9.96. The van der Waals surface area contributed by atoms with Crippen molar-refractivity contribution in [1.29, 1.82) is 0 Å². The van der Waals surface area contributed by atoms with Crippen LogP contribution in [-0.2, 0) is 11.2 Å². The largest absolute Gasteiger partial charge is 0.481 e. The van der Waals surface area contributed by atoms with E-state index in [0.717, 1.165) is 0 Å². The summed E-state index contributed by atoms with van der Waals surface area (Å²) in [5.41, 5.74) is 0.623. The minimum absolute atomic E-state index is 0.271. The number of nitrogens with zero attached hydrogens (tertiary/aromatic N) is 1. The zero-order chi connectivity index (χ0) is 14.6. The van der Waals surface area contributed by atoms with Crippen LogP contribution in [0.4, 0.5) is 8.78 Å². The van der Waals surface area contributed by atoms with Crippen LogP contribution in [0, 0.1) is 5.92 Å². The lowest BCUT2D eigenvalue weighted by Gasteiger charge is -2.32. The molecule has 3 nitrogen and oxygen atoms in total. The van der Waals surface area contributed by atoms with Crippen LogP contribution in [-0.4, -0.2) is 41.5 Å². The van der Waals surface area contributed by atoms with Crippen LogP contribution in [0.3, 0.4) is 0 Å². The van der Waals surface area contributed by atoms with E-state index >= 15 is 0 Å². The molecular formula is C15H19F2NO2. The van der Waals surface area contributed by atoms with Gasteiger partial charge in [0.2, 0.25) is 0 Å². The third-order valence-electron chi connectivity index (χ3n) is 3.70. The molecular weight excluding hydrogens is 264 g/mol. The number of carbonyl (C=O) groups is 1. The standard InChI is InChI=1S/C15H19F2NO2/c16-15(17,10-12-4-2-1-3-5-12)11-18-8-6-13(7-9-18)14(19)20/h1-5,13H,6-11H2,(H,19,20). The summed E-state index contributed by atoms with van der Waals surface area (Å²) in [6.45, 7) is 0.566. The van der Waals surface area contributed by atoms with Crippen LogP contribution >= 0.6 is 0 Å². The van der Waals surface area contributed by atoms with Gasteiger partial charge in [0.1, 0.15) is 0 Å². The van der Waals surface area contributed by atoms with Crippen molar-refractivity contribution in [2.24, 2.45) is 5.92 Å². The molecule has 1 saturated heterocycles. The number of carboxylic acid groups (broad SMARTS) is 1. The first-order chi connectivity index (χ1) is 9.46. The molecule has 0 saturated carbocycles. The Hall–Kier alpha value is -1.49. The monoisotopic (exact) mass is 283 g/mol. The average molecular weight is 283 g/mol. The van der Waals surface area contributed by atoms with Gasteiger partial charge >= 0.3 is 5.97 Å². The number of benzene rings is 1. The van der Waals surface area contributed by atoms with Gasteiger partial charge in [0.05, 0.1) is 12.5 Å². The van der Waals surface area contributed by atoms with E-state index in [-0.39, 0.29) is 18.9 Å². The van der Waals surface area contributed by atoms with Gasteiger partial charge in [0.25, 0.3) is 5.92 Å². The molecule has 0 bridgehead atoms. The Morgan fingerprint density at radius 2 is 1.85 bits per heavy atom. The number of halogens is 2. The summed E-state index contributed by atoms with van der Waals surface area (Å²) >= 11 is 0. The van der Waals surface area contributed by atoms with E-state index in [4.69, 9.17) is 5.11 Å². The Kier molecular flexibility index (Phi) is 4.70. The Labute approximate surface area is 117 Å². The minimum Gasteiger partial charge on any atom is -0.481 e. The van der Waals surface area contributed by atoms with Gasteiger partial charge in [-0.25, -0.2) is 8.78 Å². The van der Waals surface area contributed by atoms with Crippen LogP contribution < -0.4 is 0 Å². The lowest BCUT2D eigenvalue weighted by Crippen LogP contribution is -2.43. The minimum atomic E-state index is -2.78. The fourth-order valence-electron chi connectivity index (χ4n) is 2.62. The number of hydrogen-bond acceptors (Lipinski definition) is 2. The van der Waals surface area contributed by atoms with Gasteiger partial charge in [-0.2, -0.15) is 0 Å². The molecule has 0 aliphatic carbocycles. The van der Waals surface area contributed by atoms with Crippen molar-refractivity contribution < 1.29 is 18.7 Å². The Bertz CT molecular complexity index is 442. The summed E-state index contributed by atoms with van der Waals surface area (Å²) in [5, 5.41) is 8.89. The summed E-state index contributed by atoms with van der Waals surface area (Å²) in [6, 6.07) is 8.71. The smallest absolute Gasteiger partial charge is 0.306 e. The van der Waals surface area contributed by atoms with E-state index < -0.39 is 11.9 Å². The normalized spacial score (nSPS) is 18.1. The molecule has 1 aliphatic rings. The Balaban J connectivity index is 1.85. The van der Waals surface area contributed by atoms with Crippen LogP contribution in [0.5, 0.6) is 0 Å². The molecule has 2 rings (SSSR count). The molecule has 5 heteroatoms. The van der Waals surface area contributed by atoms with Crippen molar-refractivity contribution in [3.8, 4) is 0 Å². The highest BCUT2D eigenvalue weighted by atomic mass is 19.3. The first-order valence-electron chi connectivity index (χ1n) is 6.83. The summed E-state index contributed by atoms with van der Waals surface area (Å²) in [4.78, 5) is 12.5. The molecule has 110 valence electrons. The molecule has 0 spiro atoms. The lowest BCUT2D eigenvalue weighted by molar-refractivity contribution is -0.143. The van der Waals surface area contributed by atoms with E-state index in [0.29, 0.717) is 31.5 Å². The quantitative estimate of drug-likeness (QED) is 0.903. The fourth-order valence-corrected chi connectivity index (χ4v) is 2.62. The molecule has 1 aliphatic heterocycles. The van der Waals surface area contributed by atoms with Gasteiger partial charge in [-0.3, -0.25) is 9.69 Å². The molecule has 1 heterocycles. The van der Waals surface area contributed by atoms with Crippen LogP contribution in [0.15, 0.2) is 30.3 Å². The fraction of sp³-hybridized carbons (Fsp3) is 0.533. The van der Waals surface area contributed by atoms with Gasteiger partial charge in [-0.15, -0.1) is 0 Å². The van der Waals surface area contributed by atoms with Crippen molar-refractivity contribution in [1.82, 2.24) is 4.90 Å². The average Bonchev–Trinajstić information content (AvgIpc) is 2.39. The van der Waals surface area contributed by atoms with Crippen LogP contribution in [0.1, 0.15) is 18.4 Å². The summed E-state index contributed by atoms with van der Waals surface area (Å²) in [5.74, 6) is -3.98. The second-order valence-corrected chi connectivity index (χ2v) is 5.41. The highest BCUT2D eigenvalue weighted by molar-refractivity contribution is 5.70. The van der Waals surface area contributed by atoms with Gasteiger partial charge in [0.15, 0.2) is 0 Å². The molecule has 0 radical (unpaired) electrons. The second-order valence-electron chi connectivity index (χ2n) is 5.41. The van der Waals surface area contributed by atoms with Crippen LogP contribution in [0.25, 0.3) is 0 Å². The first kappa shape index (κ1) is 14.9. The molecule has 1 N–H and O–H groups in total. The molecule has 0 amide bonds. The van der Waals surface area contributed by atoms with Crippen molar-refractivity contribution in [3.63, 3.8) is 0 Å². The number of rotatable bonds is 5. The molecule has 1 aromatic carbocycles. The number of likely N-dealkylation sites (tertiary alicyclic amines) is 1. The number of piperidine rings is 1. The van der Waals surface area contributed by atoms with Gasteiger partial charge < -0.3 is 5.11 Å². The predicted molar refractivity (Wildman–Crippen MR) is 71.9 cm³/mol. The molecule has 20 heavy (non-hydrogen) atoms. The van der Waals surface area contributed by atoms with Gasteiger partial charge in [-0.1, -0.05) is 30.3 Å². The van der Waals surface area contributed by atoms with E-state index in [1.807, 2.05) is 0 Å². The van der Waals surface area contributed by atoms with Crippen molar-refractivity contribution in [3.05, 3.63) is 35.9 Å². The molecule has 0 aromatic heterocycles. The molecule has 0 unspecified atom stereocenters. The Morgan fingerprint density at radius 1 is 1.25 bits per heavy atom. The molecule has 1 fully saturated rings. The number of carboxylic acids is 1. The predicted octanol–water partition coefficient (Wildman–Crippen LogP) is 2.66. The maximum Gasteiger partial charge on any atom is 0.306 e. The van der Waals surface area contributed by atoms with Crippen molar-refractivity contribution in [2.75, 3.05) is 19.6 Å². The van der Waals surface area contributed by atoms with E-state index in [1.165, 1.54) is 0 Å². The van der Waals surface area contributed by atoms with E-state index in [9.17, 15) is 13.6 Å². The third-order valence-corrected chi connectivity index (χ3v) is 3.70. The van der Waals surface area contributed by atoms with Gasteiger partial charge in [-0.05, 0) is 31.5 Å². The number of alkyl halides is 2. The molecule has 0 atom stereocenters. The first-order valence-corrected chi connectivity index (χ1v) is 6.83. The summed E-state index contributed by atoms with van der Waals surface area (Å²) in [6.07, 6.45) is 0.639. The maximum atomic E-state index is 14.0. The van der Waals surface area contributed by atoms with E-state index in [1.54, 1.807) is 35.2 Å². The number of hydrogen-bond donors (Lipinski definition) is 1.